The quantitative estimate of drug-likeness (QED) is 0.378. The molecule has 0 N–H and O–H groups in total. The normalized spacial score (nSPS) is 12.7. The fourth-order valence-electron chi connectivity index (χ4n) is 1.45. The van der Waals surface area contributed by atoms with E-state index in [0.717, 1.165) is 17.9 Å². The Morgan fingerprint density at radius 1 is 1.18 bits per heavy atom. The van der Waals surface area contributed by atoms with Gasteiger partial charge in [-0.2, -0.15) is 13.2 Å². The van der Waals surface area contributed by atoms with Gasteiger partial charge in [0.25, 0.3) is 0 Å². The van der Waals surface area contributed by atoms with E-state index >= 15 is 0 Å². The average Bonchev–Trinajstić information content (AvgIpc) is 2.42. The Morgan fingerprint density at radius 3 is 2.36 bits per heavy atom. The second-order valence-corrected chi connectivity index (χ2v) is 8.72. The lowest BCUT2D eigenvalue weighted by Crippen LogP contribution is -2.08. The summed E-state index contributed by atoms with van der Waals surface area (Å²) < 4.78 is 61.0. The molecule has 0 radical (unpaired) electrons. The third kappa shape index (κ3) is 7.42. The molecule has 0 aromatic heterocycles. The zero-order valence-electron chi connectivity index (χ0n) is 11.5. The summed E-state index contributed by atoms with van der Waals surface area (Å²) in [6.45, 7) is 3.56. The van der Waals surface area contributed by atoms with Crippen LogP contribution in [0.25, 0.3) is 0 Å². The molecule has 8 heteroatoms. The minimum Gasteiger partial charge on any atom is -0.228 e. The monoisotopic (exact) mass is 368 g/mol. The van der Waals surface area contributed by atoms with Crippen molar-refractivity contribution in [2.24, 2.45) is 0 Å². The van der Waals surface area contributed by atoms with Crippen molar-refractivity contribution in [3.05, 3.63) is 59.5 Å². The predicted molar refractivity (Wildman–Crippen MR) is 88.3 cm³/mol. The summed E-state index contributed by atoms with van der Waals surface area (Å²) in [5.74, 6) is 0.336. The van der Waals surface area contributed by atoms with Crippen molar-refractivity contribution < 1.29 is 21.6 Å². The Morgan fingerprint density at radius 2 is 1.82 bits per heavy atom. The van der Waals surface area contributed by atoms with Crippen LogP contribution < -0.4 is 0 Å². The van der Waals surface area contributed by atoms with E-state index in [2.05, 4.69) is 6.58 Å². The summed E-state index contributed by atoms with van der Waals surface area (Å²) in [6.07, 6.45) is -1.15. The number of hydrogen-bond acceptors (Lipinski definition) is 4. The maximum Gasteiger partial charge on any atom is 0.416 e. The Kier molecular flexibility index (Phi) is 7.58. The molecular weight excluding hydrogens is 353 g/mol. The van der Waals surface area contributed by atoms with Crippen molar-refractivity contribution in [2.45, 2.75) is 11.9 Å². The van der Waals surface area contributed by atoms with Gasteiger partial charge in [-0.05, 0) is 23.1 Å². The van der Waals surface area contributed by atoms with Crippen LogP contribution in [0, 0.1) is 0 Å². The summed E-state index contributed by atoms with van der Waals surface area (Å²) in [5.41, 5.74) is -0.445. The zero-order valence-corrected chi connectivity index (χ0v) is 14.0. The van der Waals surface area contributed by atoms with Crippen molar-refractivity contribution >= 4 is 31.4 Å². The van der Waals surface area contributed by atoms with Crippen LogP contribution in [0.5, 0.6) is 0 Å². The van der Waals surface area contributed by atoms with Gasteiger partial charge in [0.1, 0.15) is 0 Å². The summed E-state index contributed by atoms with van der Waals surface area (Å²) in [6, 6.07) is 4.17. The molecule has 0 unspecified atom stereocenters. The summed E-state index contributed by atoms with van der Waals surface area (Å²) in [5, 5.41) is 1.68. The van der Waals surface area contributed by atoms with Gasteiger partial charge in [0.05, 0.1) is 17.1 Å². The van der Waals surface area contributed by atoms with Gasteiger partial charge in [0.15, 0.2) is 9.84 Å². The molecule has 2 nitrogen and oxygen atoms in total. The maximum atomic E-state index is 12.4. The van der Waals surface area contributed by atoms with E-state index in [-0.39, 0.29) is 11.5 Å². The predicted octanol–water partition coefficient (Wildman–Crippen LogP) is 4.70. The van der Waals surface area contributed by atoms with Gasteiger partial charge in [-0.3, -0.25) is 0 Å². The molecule has 0 atom stereocenters. The SMILES string of the molecule is C=CCSS/C=C\CS(=O)(=O)Cc1ccc(C(F)(F)F)cc1. The minimum atomic E-state index is -4.42. The zero-order chi connectivity index (χ0) is 16.6. The lowest BCUT2D eigenvalue weighted by Gasteiger charge is -2.07. The summed E-state index contributed by atoms with van der Waals surface area (Å²) in [7, 11) is -0.459. The first kappa shape index (κ1) is 19.2. The van der Waals surface area contributed by atoms with Gasteiger partial charge in [0, 0.05) is 5.75 Å². The van der Waals surface area contributed by atoms with Crippen molar-refractivity contribution in [2.75, 3.05) is 11.5 Å². The van der Waals surface area contributed by atoms with E-state index in [1.165, 1.54) is 39.8 Å². The van der Waals surface area contributed by atoms with Gasteiger partial charge in [0.2, 0.25) is 0 Å². The number of alkyl halides is 3. The van der Waals surface area contributed by atoms with Crippen LogP contribution in [0.2, 0.25) is 0 Å². The number of benzene rings is 1. The van der Waals surface area contributed by atoms with Crippen LogP contribution in [0.3, 0.4) is 0 Å². The molecule has 1 rings (SSSR count). The van der Waals surface area contributed by atoms with Crippen LogP contribution in [-0.4, -0.2) is 19.9 Å². The third-order valence-electron chi connectivity index (χ3n) is 2.42. The number of halogens is 3. The van der Waals surface area contributed by atoms with E-state index in [9.17, 15) is 21.6 Å². The lowest BCUT2D eigenvalue weighted by molar-refractivity contribution is -0.137. The van der Waals surface area contributed by atoms with Gasteiger partial charge < -0.3 is 0 Å². The molecule has 0 saturated heterocycles. The van der Waals surface area contributed by atoms with Gasteiger partial charge >= 0.3 is 6.18 Å². The number of sulfone groups is 1. The molecule has 0 bridgehead atoms. The van der Waals surface area contributed by atoms with E-state index in [1.54, 1.807) is 11.5 Å². The molecule has 0 saturated carbocycles. The highest BCUT2D eigenvalue weighted by molar-refractivity contribution is 8.77. The molecule has 122 valence electrons. The largest absolute Gasteiger partial charge is 0.416 e. The summed E-state index contributed by atoms with van der Waals surface area (Å²) in [4.78, 5) is 0. The molecule has 0 heterocycles. The molecule has 0 amide bonds. The first-order valence-electron chi connectivity index (χ1n) is 6.15. The maximum absolute atomic E-state index is 12.4. The van der Waals surface area contributed by atoms with Crippen LogP contribution in [-0.2, 0) is 21.8 Å². The second-order valence-electron chi connectivity index (χ2n) is 4.29. The van der Waals surface area contributed by atoms with Crippen molar-refractivity contribution in [3.63, 3.8) is 0 Å². The van der Waals surface area contributed by atoms with E-state index in [1.807, 2.05) is 0 Å². The fraction of sp³-hybridized carbons (Fsp3) is 0.286. The van der Waals surface area contributed by atoms with Crippen LogP contribution in [0.15, 0.2) is 48.4 Å². The average molecular weight is 368 g/mol. The van der Waals surface area contributed by atoms with Crippen LogP contribution in [0.4, 0.5) is 13.2 Å². The van der Waals surface area contributed by atoms with Crippen molar-refractivity contribution in [1.29, 1.82) is 0 Å². The minimum absolute atomic E-state index is 0.143. The molecule has 1 aromatic carbocycles. The molecule has 0 aliphatic heterocycles. The van der Waals surface area contributed by atoms with E-state index in [0.29, 0.717) is 5.56 Å². The highest BCUT2D eigenvalue weighted by Crippen LogP contribution is 2.29. The lowest BCUT2D eigenvalue weighted by atomic mass is 10.1. The molecular formula is C14H15F3O2S3. The summed E-state index contributed by atoms with van der Waals surface area (Å²) >= 11 is 0. The first-order chi connectivity index (χ1) is 10.2. The number of hydrogen-bond donors (Lipinski definition) is 0. The van der Waals surface area contributed by atoms with E-state index in [4.69, 9.17) is 0 Å². The molecule has 0 fully saturated rings. The van der Waals surface area contributed by atoms with E-state index < -0.39 is 21.6 Å². The van der Waals surface area contributed by atoms with Crippen LogP contribution in [0.1, 0.15) is 11.1 Å². The van der Waals surface area contributed by atoms with Crippen molar-refractivity contribution in [1.82, 2.24) is 0 Å². The number of rotatable bonds is 8. The van der Waals surface area contributed by atoms with Gasteiger partial charge in [-0.15, -0.1) is 6.58 Å². The Labute approximate surface area is 136 Å². The molecule has 1 aromatic rings. The molecule has 22 heavy (non-hydrogen) atoms. The Balaban J connectivity index is 2.56. The Hall–Kier alpha value is -0.860. The smallest absolute Gasteiger partial charge is 0.228 e. The highest BCUT2D eigenvalue weighted by Gasteiger charge is 2.30. The first-order valence-corrected chi connectivity index (χ1v) is 10.4. The molecule has 0 spiro atoms. The van der Waals surface area contributed by atoms with Gasteiger partial charge in [-0.25, -0.2) is 8.42 Å². The van der Waals surface area contributed by atoms with Crippen molar-refractivity contribution in [3.8, 4) is 0 Å². The molecule has 0 aliphatic rings. The molecule has 0 aliphatic carbocycles. The second kappa shape index (κ2) is 8.69. The third-order valence-corrected chi connectivity index (χ3v) is 5.86. The Bertz CT molecular complexity index is 605. The fourth-order valence-corrected chi connectivity index (χ4v) is 4.21. The van der Waals surface area contributed by atoms with Crippen LogP contribution >= 0.6 is 21.6 Å². The highest BCUT2D eigenvalue weighted by atomic mass is 33.1. The topological polar surface area (TPSA) is 34.1 Å². The standard InChI is InChI=1S/C14H15F3O2S3/c1-2-8-20-21-9-3-10-22(18,19)11-12-4-6-13(7-5-12)14(15,16)17/h2-7,9H,1,8,10-11H2/b9-3-. The van der Waals surface area contributed by atoms with Gasteiger partial charge in [-0.1, -0.05) is 45.9 Å².